The molecule has 5 heteroatoms. The summed E-state index contributed by atoms with van der Waals surface area (Å²) >= 11 is 4.98. The molecule has 2 aromatic rings. The highest BCUT2D eigenvalue weighted by Crippen LogP contribution is 2.27. The topological polar surface area (TPSA) is 35.0 Å². The van der Waals surface area contributed by atoms with E-state index < -0.39 is 0 Å². The average Bonchev–Trinajstić information content (AvgIpc) is 2.34. The molecule has 1 aromatic heterocycles. The third-order valence-corrected chi connectivity index (χ3v) is 3.33. The highest BCUT2D eigenvalue weighted by molar-refractivity contribution is 9.10. The molecule has 0 saturated carbocycles. The minimum Gasteiger partial charge on any atom is -0.439 e. The Kier molecular flexibility index (Phi) is 4.02. The molecule has 0 atom stereocenters. The molecule has 3 nitrogen and oxygen atoms in total. The van der Waals surface area contributed by atoms with Crippen LogP contribution in [0.1, 0.15) is 5.56 Å². The van der Waals surface area contributed by atoms with Crippen LogP contribution < -0.4 is 4.74 Å². The van der Waals surface area contributed by atoms with Crippen LogP contribution >= 0.6 is 27.7 Å². The summed E-state index contributed by atoms with van der Waals surface area (Å²) in [7, 11) is 0. The lowest BCUT2D eigenvalue weighted by Crippen LogP contribution is -1.92. The minimum atomic E-state index is 0.561. The second kappa shape index (κ2) is 5.51. The monoisotopic (exact) mass is 310 g/mol. The van der Waals surface area contributed by atoms with Gasteiger partial charge in [0.2, 0.25) is 5.88 Å². The largest absolute Gasteiger partial charge is 0.439 e. The molecule has 1 heterocycles. The molecule has 17 heavy (non-hydrogen) atoms. The van der Waals surface area contributed by atoms with Gasteiger partial charge < -0.3 is 4.74 Å². The number of benzene rings is 1. The third-order valence-electron chi connectivity index (χ3n) is 2.19. The predicted molar refractivity (Wildman–Crippen MR) is 72.8 cm³/mol. The number of rotatable bonds is 3. The molecule has 0 radical (unpaired) electrons. The van der Waals surface area contributed by atoms with Crippen LogP contribution in [0.25, 0.3) is 0 Å². The molecule has 1 aromatic carbocycles. The van der Waals surface area contributed by atoms with Crippen LogP contribution in [0.15, 0.2) is 40.1 Å². The van der Waals surface area contributed by atoms with Crippen molar-refractivity contribution in [2.24, 2.45) is 0 Å². The molecule has 88 valence electrons. The molecule has 0 saturated heterocycles. The lowest BCUT2D eigenvalue weighted by molar-refractivity contribution is 0.455. The molecule has 0 aliphatic carbocycles. The highest BCUT2D eigenvalue weighted by Gasteiger charge is 2.04. The van der Waals surface area contributed by atoms with Gasteiger partial charge in [0.1, 0.15) is 17.1 Å². The summed E-state index contributed by atoms with van der Waals surface area (Å²) in [6.45, 7) is 2.00. The summed E-state index contributed by atoms with van der Waals surface area (Å²) in [5.41, 5.74) is 1.07. The summed E-state index contributed by atoms with van der Waals surface area (Å²) in [5.74, 6) is 1.36. The van der Waals surface area contributed by atoms with Crippen molar-refractivity contribution >= 4 is 27.7 Å². The van der Waals surface area contributed by atoms with Gasteiger partial charge in [0.15, 0.2) is 0 Å². The summed E-state index contributed by atoms with van der Waals surface area (Å²) < 4.78 is 6.72. The van der Waals surface area contributed by atoms with Crippen molar-refractivity contribution in [2.45, 2.75) is 11.9 Å². The van der Waals surface area contributed by atoms with E-state index in [1.807, 2.05) is 37.4 Å². The van der Waals surface area contributed by atoms with E-state index in [1.165, 1.54) is 6.33 Å². The smallest absolute Gasteiger partial charge is 0.223 e. The lowest BCUT2D eigenvalue weighted by atomic mass is 10.2. The number of aromatic nitrogens is 2. The fraction of sp³-hybridized carbons (Fsp3) is 0.167. The molecule has 0 bridgehead atoms. The fourth-order valence-electron chi connectivity index (χ4n) is 1.29. The Labute approximate surface area is 113 Å². The summed E-state index contributed by atoms with van der Waals surface area (Å²) in [5, 5.41) is 0.891. The van der Waals surface area contributed by atoms with E-state index in [0.717, 1.165) is 20.8 Å². The van der Waals surface area contributed by atoms with Gasteiger partial charge in [-0.05, 0) is 30.9 Å². The number of nitrogens with zero attached hydrogens (tertiary/aromatic N) is 2. The summed E-state index contributed by atoms with van der Waals surface area (Å²) in [6, 6.07) is 7.73. The first kappa shape index (κ1) is 12.4. The van der Waals surface area contributed by atoms with Gasteiger partial charge in [-0.2, -0.15) is 0 Å². The van der Waals surface area contributed by atoms with Gasteiger partial charge in [-0.15, -0.1) is 11.8 Å². The number of aryl methyl sites for hydroxylation is 1. The van der Waals surface area contributed by atoms with Crippen molar-refractivity contribution in [3.63, 3.8) is 0 Å². The van der Waals surface area contributed by atoms with Gasteiger partial charge in [-0.1, -0.05) is 22.0 Å². The zero-order valence-electron chi connectivity index (χ0n) is 9.48. The first-order valence-electron chi connectivity index (χ1n) is 4.99. The Bertz CT molecular complexity index is 534. The van der Waals surface area contributed by atoms with Gasteiger partial charge in [-0.3, -0.25) is 0 Å². The Morgan fingerprint density at radius 2 is 2.06 bits per heavy atom. The zero-order chi connectivity index (χ0) is 12.3. The van der Waals surface area contributed by atoms with Crippen molar-refractivity contribution < 1.29 is 4.74 Å². The molecule has 0 amide bonds. The van der Waals surface area contributed by atoms with Crippen LogP contribution in [-0.4, -0.2) is 16.2 Å². The first-order chi connectivity index (χ1) is 8.19. The molecule has 2 rings (SSSR count). The van der Waals surface area contributed by atoms with Gasteiger partial charge >= 0.3 is 0 Å². The van der Waals surface area contributed by atoms with E-state index in [1.54, 1.807) is 11.8 Å². The molecular formula is C12H11BrN2OS. The maximum atomic E-state index is 5.74. The van der Waals surface area contributed by atoms with Gasteiger partial charge in [0, 0.05) is 10.5 Å². The second-order valence-corrected chi connectivity index (χ2v) is 5.15. The summed E-state index contributed by atoms with van der Waals surface area (Å²) in [6.07, 6.45) is 3.48. The normalized spacial score (nSPS) is 10.3. The maximum Gasteiger partial charge on any atom is 0.223 e. The third kappa shape index (κ3) is 3.20. The van der Waals surface area contributed by atoms with Crippen molar-refractivity contribution in [2.75, 3.05) is 6.26 Å². The molecule has 0 fully saturated rings. The van der Waals surface area contributed by atoms with E-state index >= 15 is 0 Å². The molecule has 0 aliphatic rings. The quantitative estimate of drug-likeness (QED) is 0.632. The fourth-order valence-corrected chi connectivity index (χ4v) is 2.00. The van der Waals surface area contributed by atoms with Crippen LogP contribution in [0.5, 0.6) is 11.6 Å². The predicted octanol–water partition coefficient (Wildman–Crippen LogP) is 4.06. The maximum absolute atomic E-state index is 5.74. The van der Waals surface area contributed by atoms with E-state index in [-0.39, 0.29) is 0 Å². The van der Waals surface area contributed by atoms with Crippen LogP contribution in [0.4, 0.5) is 0 Å². The minimum absolute atomic E-state index is 0.561. The molecule has 0 N–H and O–H groups in total. The number of ether oxygens (including phenoxy) is 1. The summed E-state index contributed by atoms with van der Waals surface area (Å²) in [4.78, 5) is 8.19. The van der Waals surface area contributed by atoms with Gasteiger partial charge in [0.05, 0.1) is 0 Å². The molecular weight excluding hydrogens is 300 g/mol. The Morgan fingerprint density at radius 3 is 2.82 bits per heavy atom. The number of hydrogen-bond donors (Lipinski definition) is 0. The Hall–Kier alpha value is -1.07. The van der Waals surface area contributed by atoms with E-state index in [9.17, 15) is 0 Å². The SMILES string of the molecule is CSc1cc(Oc2cc(Br)ccc2C)ncn1. The standard InChI is InChI=1S/C12H11BrN2OS/c1-8-3-4-9(13)5-10(8)16-11-6-12(17-2)15-7-14-11/h3-7H,1-2H3. The average molecular weight is 311 g/mol. The number of hydrogen-bond acceptors (Lipinski definition) is 4. The zero-order valence-corrected chi connectivity index (χ0v) is 11.9. The van der Waals surface area contributed by atoms with E-state index in [0.29, 0.717) is 5.88 Å². The van der Waals surface area contributed by atoms with E-state index in [2.05, 4.69) is 25.9 Å². The van der Waals surface area contributed by atoms with E-state index in [4.69, 9.17) is 4.74 Å². The van der Waals surface area contributed by atoms with Crippen LogP contribution in [-0.2, 0) is 0 Å². The van der Waals surface area contributed by atoms with Crippen LogP contribution in [0.3, 0.4) is 0 Å². The van der Waals surface area contributed by atoms with Gasteiger partial charge in [0.25, 0.3) is 0 Å². The Balaban J connectivity index is 2.27. The lowest BCUT2D eigenvalue weighted by Gasteiger charge is -2.08. The Morgan fingerprint density at radius 1 is 1.24 bits per heavy atom. The van der Waals surface area contributed by atoms with Crippen molar-refractivity contribution in [3.8, 4) is 11.6 Å². The molecule has 0 unspecified atom stereocenters. The molecule has 0 aliphatic heterocycles. The van der Waals surface area contributed by atoms with Crippen molar-refractivity contribution in [1.29, 1.82) is 0 Å². The van der Waals surface area contributed by atoms with Crippen molar-refractivity contribution in [1.82, 2.24) is 9.97 Å². The highest BCUT2D eigenvalue weighted by atomic mass is 79.9. The first-order valence-corrected chi connectivity index (χ1v) is 7.01. The molecule has 0 spiro atoms. The van der Waals surface area contributed by atoms with Gasteiger partial charge in [-0.25, -0.2) is 9.97 Å². The number of halogens is 1. The van der Waals surface area contributed by atoms with Crippen LogP contribution in [0.2, 0.25) is 0 Å². The van der Waals surface area contributed by atoms with Crippen LogP contribution in [0, 0.1) is 6.92 Å². The second-order valence-electron chi connectivity index (χ2n) is 3.41. The number of thioether (sulfide) groups is 1. The van der Waals surface area contributed by atoms with Crippen molar-refractivity contribution in [3.05, 3.63) is 40.6 Å².